The molecule has 2 aromatic heterocycles. The van der Waals surface area contributed by atoms with Crippen LogP contribution in [-0.2, 0) is 33.9 Å². The first kappa shape index (κ1) is 30.2. The summed E-state index contributed by atoms with van der Waals surface area (Å²) in [5.41, 5.74) is 2.22. The van der Waals surface area contributed by atoms with Crippen LogP contribution in [0.15, 0.2) is 48.5 Å². The Labute approximate surface area is 269 Å². The fourth-order valence-corrected chi connectivity index (χ4v) is 6.68. The van der Waals surface area contributed by atoms with E-state index in [0.29, 0.717) is 65.4 Å². The highest BCUT2D eigenvalue weighted by Gasteiger charge is 2.42. The third-order valence-electron chi connectivity index (χ3n) is 8.74. The van der Waals surface area contributed by atoms with Crippen molar-refractivity contribution in [3.05, 3.63) is 81.3 Å². The van der Waals surface area contributed by atoms with Gasteiger partial charge in [0.05, 0.1) is 67.7 Å². The molecule has 0 aliphatic carbocycles. The summed E-state index contributed by atoms with van der Waals surface area (Å²) >= 11 is 12.5. The maximum Gasteiger partial charge on any atom is 0.337 e. The Morgan fingerprint density at radius 2 is 1.93 bits per heavy atom. The van der Waals surface area contributed by atoms with Crippen LogP contribution in [0.4, 0.5) is 10.2 Å². The molecule has 3 saturated heterocycles. The number of hydrogen-bond acceptors (Lipinski definition) is 9. The number of benzene rings is 2. The molecule has 4 aromatic rings. The number of rotatable bonds is 9. The van der Waals surface area contributed by atoms with Gasteiger partial charge in [-0.3, -0.25) is 4.90 Å². The molecule has 45 heavy (non-hydrogen) atoms. The first-order valence-corrected chi connectivity index (χ1v) is 15.6. The number of fused-ring (bicyclic) bond motifs is 2. The third-order valence-corrected chi connectivity index (χ3v) is 9.27. The van der Waals surface area contributed by atoms with E-state index in [4.69, 9.17) is 52.1 Å². The van der Waals surface area contributed by atoms with E-state index >= 15 is 0 Å². The molecule has 0 spiro atoms. The minimum atomic E-state index is -0.449. The molecule has 236 valence electrons. The molecule has 3 aliphatic heterocycles. The molecule has 13 heteroatoms. The van der Waals surface area contributed by atoms with Crippen LogP contribution in [0.25, 0.3) is 11.0 Å². The Hall–Kier alpha value is -3.48. The fraction of sp³-hybridized carbons (Fsp3) is 0.406. The van der Waals surface area contributed by atoms with Gasteiger partial charge in [-0.15, -0.1) is 0 Å². The van der Waals surface area contributed by atoms with Crippen LogP contribution >= 0.6 is 23.2 Å². The summed E-state index contributed by atoms with van der Waals surface area (Å²) in [5, 5.41) is 0.742. The van der Waals surface area contributed by atoms with Crippen molar-refractivity contribution in [3.8, 4) is 5.88 Å². The molecule has 7 rings (SSSR count). The van der Waals surface area contributed by atoms with Gasteiger partial charge in [0.15, 0.2) is 0 Å². The summed E-state index contributed by atoms with van der Waals surface area (Å²) in [7, 11) is 1.35. The summed E-state index contributed by atoms with van der Waals surface area (Å²) in [6.45, 7) is 4.57. The molecule has 3 atom stereocenters. The average Bonchev–Trinajstić information content (AvgIpc) is 3.64. The highest BCUT2D eigenvalue weighted by molar-refractivity contribution is 6.35. The number of pyridine rings is 1. The molecule has 0 saturated carbocycles. The molecule has 10 nitrogen and oxygen atoms in total. The number of nitrogens with zero attached hydrogens (tertiary/aromatic N) is 5. The predicted octanol–water partition coefficient (Wildman–Crippen LogP) is 5.12. The maximum absolute atomic E-state index is 14.3. The van der Waals surface area contributed by atoms with Crippen molar-refractivity contribution in [1.82, 2.24) is 19.4 Å². The summed E-state index contributed by atoms with van der Waals surface area (Å²) in [6.07, 6.45) is 1.04. The Balaban J connectivity index is 1.11. The summed E-state index contributed by atoms with van der Waals surface area (Å²) in [4.78, 5) is 26.7. The number of piperazine rings is 1. The number of carbonyl (C=O) groups excluding carboxylic acids is 1. The number of imidazole rings is 1. The van der Waals surface area contributed by atoms with E-state index in [1.165, 1.54) is 13.2 Å². The second-order valence-corrected chi connectivity index (χ2v) is 12.3. The highest BCUT2D eigenvalue weighted by Crippen LogP contribution is 2.32. The number of esters is 1. The molecular formula is C32H32Cl2FN5O5. The largest absolute Gasteiger partial charge is 0.473 e. The number of methoxy groups -OCH3 is 1. The van der Waals surface area contributed by atoms with E-state index in [1.54, 1.807) is 30.3 Å². The molecule has 0 N–H and O–H groups in total. The summed E-state index contributed by atoms with van der Waals surface area (Å²) in [6, 6.07) is 13.7. The Bertz CT molecular complexity index is 1730. The zero-order valence-electron chi connectivity index (χ0n) is 24.6. The minimum Gasteiger partial charge on any atom is -0.473 e. The number of hydrogen-bond donors (Lipinski definition) is 0. The maximum atomic E-state index is 14.3. The van der Waals surface area contributed by atoms with Crippen molar-refractivity contribution in [2.75, 3.05) is 44.9 Å². The second-order valence-electron chi connectivity index (χ2n) is 11.4. The minimum absolute atomic E-state index is 0.0421. The standard InChI is InChI=1S/C32H32Cl2FN5O5/c1-42-32(41)20-11-23(34)31-25(12-20)40(14-22-7-10-44-22)29(37-31)15-38-8-9-39(27-18-43-17-26(27)38)28-3-2-4-30(36-28)45-16-19-5-6-21(33)13-24(19)35/h2-6,11-13,22,26-27H,7-10,14-18H2,1H3/t22-,26+,27-/m0/s1. The van der Waals surface area contributed by atoms with Gasteiger partial charge in [0.25, 0.3) is 0 Å². The fourth-order valence-electron chi connectivity index (χ4n) is 6.26. The molecular weight excluding hydrogens is 624 g/mol. The van der Waals surface area contributed by atoms with Crippen LogP contribution in [0.1, 0.15) is 28.2 Å². The van der Waals surface area contributed by atoms with Gasteiger partial charge in [-0.25, -0.2) is 14.2 Å². The molecule has 0 unspecified atom stereocenters. The third kappa shape index (κ3) is 6.07. The van der Waals surface area contributed by atoms with Gasteiger partial charge in [0, 0.05) is 36.3 Å². The second kappa shape index (κ2) is 12.7. The van der Waals surface area contributed by atoms with E-state index in [2.05, 4.69) is 14.4 Å². The van der Waals surface area contributed by atoms with Crippen molar-refractivity contribution in [2.24, 2.45) is 0 Å². The number of anilines is 1. The zero-order chi connectivity index (χ0) is 31.1. The number of carbonyl (C=O) groups is 1. The van der Waals surface area contributed by atoms with Gasteiger partial charge in [-0.1, -0.05) is 35.3 Å². The lowest BCUT2D eigenvalue weighted by Crippen LogP contribution is -2.59. The monoisotopic (exact) mass is 655 g/mol. The van der Waals surface area contributed by atoms with E-state index in [1.807, 2.05) is 12.1 Å². The van der Waals surface area contributed by atoms with E-state index in [-0.39, 0.29) is 24.8 Å². The molecule has 3 aliphatic rings. The van der Waals surface area contributed by atoms with Crippen molar-refractivity contribution < 1.29 is 28.1 Å². The van der Waals surface area contributed by atoms with Crippen LogP contribution in [0.3, 0.4) is 0 Å². The number of halogens is 3. The van der Waals surface area contributed by atoms with Crippen molar-refractivity contribution in [1.29, 1.82) is 0 Å². The van der Waals surface area contributed by atoms with Crippen LogP contribution < -0.4 is 9.64 Å². The Morgan fingerprint density at radius 1 is 1.09 bits per heavy atom. The van der Waals surface area contributed by atoms with Gasteiger partial charge in [0.2, 0.25) is 5.88 Å². The Morgan fingerprint density at radius 3 is 2.71 bits per heavy atom. The van der Waals surface area contributed by atoms with Crippen molar-refractivity contribution in [3.63, 3.8) is 0 Å². The van der Waals surface area contributed by atoms with Gasteiger partial charge in [-0.05, 0) is 36.8 Å². The number of ether oxygens (including phenoxy) is 4. The molecule has 0 bridgehead atoms. The van der Waals surface area contributed by atoms with Crippen LogP contribution in [0.5, 0.6) is 5.88 Å². The highest BCUT2D eigenvalue weighted by atomic mass is 35.5. The topological polar surface area (TPSA) is 91.2 Å². The van der Waals surface area contributed by atoms with Gasteiger partial charge in [-0.2, -0.15) is 4.98 Å². The van der Waals surface area contributed by atoms with Gasteiger partial charge >= 0.3 is 5.97 Å². The molecule has 2 aromatic carbocycles. The van der Waals surface area contributed by atoms with Crippen LogP contribution in [-0.4, -0.2) is 83.6 Å². The smallest absolute Gasteiger partial charge is 0.337 e. The first-order chi connectivity index (χ1) is 21.9. The lowest BCUT2D eigenvalue weighted by Gasteiger charge is -2.44. The normalized spacial score (nSPS) is 21.5. The SMILES string of the molecule is COC(=O)c1cc(Cl)c2nc(CN3CCN(c4cccc(OCc5ccc(Cl)cc5F)n4)[C@H]4COC[C@H]43)n(C[C@@H]3CCO3)c2c1. The molecule has 0 radical (unpaired) electrons. The van der Waals surface area contributed by atoms with Gasteiger partial charge < -0.3 is 28.4 Å². The van der Waals surface area contributed by atoms with Crippen molar-refractivity contribution >= 4 is 46.0 Å². The number of aromatic nitrogens is 3. The zero-order valence-corrected chi connectivity index (χ0v) is 26.1. The summed E-state index contributed by atoms with van der Waals surface area (Å²) < 4.78 is 39.0. The molecule has 0 amide bonds. The molecule has 3 fully saturated rings. The van der Waals surface area contributed by atoms with E-state index in [0.717, 1.165) is 36.7 Å². The predicted molar refractivity (Wildman–Crippen MR) is 167 cm³/mol. The quantitative estimate of drug-likeness (QED) is 0.228. The molecule has 5 heterocycles. The van der Waals surface area contributed by atoms with E-state index < -0.39 is 11.8 Å². The first-order valence-electron chi connectivity index (χ1n) is 14.9. The van der Waals surface area contributed by atoms with Crippen molar-refractivity contribution in [2.45, 2.75) is 44.3 Å². The van der Waals surface area contributed by atoms with Crippen LogP contribution in [0, 0.1) is 5.82 Å². The Kier molecular flexibility index (Phi) is 8.54. The van der Waals surface area contributed by atoms with E-state index in [9.17, 15) is 9.18 Å². The van der Waals surface area contributed by atoms with Gasteiger partial charge in [0.1, 0.15) is 29.6 Å². The lowest BCUT2D eigenvalue weighted by atomic mass is 10.0. The lowest BCUT2D eigenvalue weighted by molar-refractivity contribution is -0.0592. The average molecular weight is 657 g/mol. The van der Waals surface area contributed by atoms with Crippen LogP contribution in [0.2, 0.25) is 10.0 Å². The summed E-state index contributed by atoms with van der Waals surface area (Å²) in [5.74, 6) is 1.18.